The topological polar surface area (TPSA) is 47.5 Å². The van der Waals surface area contributed by atoms with Gasteiger partial charge in [0, 0.05) is 57.1 Å². The minimum absolute atomic E-state index is 0.0418. The molecular weight excluding hydrogens is 290 g/mol. The molecule has 120 valence electrons. The average Bonchev–Trinajstić information content (AvgIpc) is 2.56. The van der Waals surface area contributed by atoms with Gasteiger partial charge in [-0.25, -0.2) is 4.98 Å². The Kier molecular flexibility index (Phi) is 3.97. The molecule has 2 saturated heterocycles. The van der Waals surface area contributed by atoms with Crippen LogP contribution in [0.1, 0.15) is 18.4 Å². The van der Waals surface area contributed by atoms with Crippen LogP contribution in [0, 0.1) is 0 Å². The lowest BCUT2D eigenvalue weighted by Gasteiger charge is -2.53. The minimum Gasteiger partial charge on any atom is -0.474 e. The van der Waals surface area contributed by atoms with E-state index < -0.39 is 0 Å². The van der Waals surface area contributed by atoms with Crippen LogP contribution in [-0.2, 0) is 11.3 Å². The number of aromatic nitrogens is 2. The highest BCUT2D eigenvalue weighted by Gasteiger charge is 2.48. The van der Waals surface area contributed by atoms with Gasteiger partial charge >= 0.3 is 0 Å². The van der Waals surface area contributed by atoms with E-state index in [2.05, 4.69) is 20.9 Å². The minimum atomic E-state index is -0.0418. The zero-order valence-electron chi connectivity index (χ0n) is 13.1. The second-order valence-electron chi connectivity index (χ2n) is 6.44. The summed E-state index contributed by atoms with van der Waals surface area (Å²) in [6.45, 7) is 3.62. The molecule has 0 N–H and O–H groups in total. The van der Waals surface area contributed by atoms with Gasteiger partial charge < -0.3 is 9.47 Å². The molecule has 0 amide bonds. The van der Waals surface area contributed by atoms with Crippen LogP contribution in [0.25, 0.3) is 0 Å². The Balaban J connectivity index is 1.32. The van der Waals surface area contributed by atoms with Crippen LogP contribution < -0.4 is 4.74 Å². The molecule has 5 heteroatoms. The molecule has 2 aliphatic heterocycles. The quantitative estimate of drug-likeness (QED) is 0.867. The van der Waals surface area contributed by atoms with Gasteiger partial charge in [-0.1, -0.05) is 12.1 Å². The SMILES string of the molecule is c1ccc(OC2CCOC3(C2)CN(Cc2cccnc2)C3)nc1. The van der Waals surface area contributed by atoms with Crippen molar-refractivity contribution >= 4 is 0 Å². The highest BCUT2D eigenvalue weighted by Crippen LogP contribution is 2.36. The van der Waals surface area contributed by atoms with Crippen molar-refractivity contribution in [1.82, 2.24) is 14.9 Å². The third kappa shape index (κ3) is 3.35. The lowest BCUT2D eigenvalue weighted by atomic mass is 9.84. The molecule has 23 heavy (non-hydrogen) atoms. The Morgan fingerprint density at radius 1 is 1.22 bits per heavy atom. The van der Waals surface area contributed by atoms with Crippen LogP contribution in [0.2, 0.25) is 0 Å². The summed E-state index contributed by atoms with van der Waals surface area (Å²) in [7, 11) is 0. The average molecular weight is 311 g/mol. The van der Waals surface area contributed by atoms with Gasteiger partial charge in [0.15, 0.2) is 0 Å². The Morgan fingerprint density at radius 3 is 2.96 bits per heavy atom. The van der Waals surface area contributed by atoms with Crippen LogP contribution in [0.15, 0.2) is 48.9 Å². The summed E-state index contributed by atoms with van der Waals surface area (Å²) in [5, 5.41) is 0. The number of nitrogens with zero attached hydrogens (tertiary/aromatic N) is 3. The molecule has 5 nitrogen and oxygen atoms in total. The van der Waals surface area contributed by atoms with Gasteiger partial charge in [-0.05, 0) is 17.7 Å². The fourth-order valence-corrected chi connectivity index (χ4v) is 3.52. The van der Waals surface area contributed by atoms with Crippen molar-refractivity contribution in [2.24, 2.45) is 0 Å². The Hall–Kier alpha value is -1.98. The molecule has 2 aromatic heterocycles. The van der Waals surface area contributed by atoms with Gasteiger partial charge in [-0.3, -0.25) is 9.88 Å². The fourth-order valence-electron chi connectivity index (χ4n) is 3.52. The summed E-state index contributed by atoms with van der Waals surface area (Å²) in [4.78, 5) is 10.8. The van der Waals surface area contributed by atoms with Gasteiger partial charge in [0.05, 0.1) is 12.2 Å². The first-order chi connectivity index (χ1) is 11.3. The maximum Gasteiger partial charge on any atom is 0.213 e. The van der Waals surface area contributed by atoms with E-state index in [-0.39, 0.29) is 11.7 Å². The van der Waals surface area contributed by atoms with Crippen molar-refractivity contribution in [2.75, 3.05) is 19.7 Å². The first kappa shape index (κ1) is 14.6. The van der Waals surface area contributed by atoms with Gasteiger partial charge in [0.1, 0.15) is 6.10 Å². The summed E-state index contributed by atoms with van der Waals surface area (Å²) in [5.41, 5.74) is 1.21. The molecule has 2 aliphatic rings. The predicted octanol–water partition coefficient (Wildman–Crippen LogP) is 2.29. The summed E-state index contributed by atoms with van der Waals surface area (Å²) >= 11 is 0. The fraction of sp³-hybridized carbons (Fsp3) is 0.444. The highest BCUT2D eigenvalue weighted by atomic mass is 16.5. The molecule has 1 atom stereocenters. The zero-order valence-corrected chi connectivity index (χ0v) is 13.1. The van der Waals surface area contributed by atoms with E-state index in [9.17, 15) is 0 Å². The van der Waals surface area contributed by atoms with E-state index >= 15 is 0 Å². The summed E-state index contributed by atoms with van der Waals surface area (Å²) in [6, 6.07) is 9.88. The lowest BCUT2D eigenvalue weighted by molar-refractivity contribution is -0.188. The third-order valence-electron chi connectivity index (χ3n) is 4.53. The first-order valence-electron chi connectivity index (χ1n) is 8.14. The molecule has 0 bridgehead atoms. The standard InChI is InChI=1S/C18H21N3O2/c1-2-8-20-17(5-1)23-16-6-9-22-18(10-16)13-21(14-18)12-15-4-3-7-19-11-15/h1-5,7-8,11,16H,6,9-10,12-14H2. The Morgan fingerprint density at radius 2 is 2.17 bits per heavy atom. The summed E-state index contributed by atoms with van der Waals surface area (Å²) in [6.07, 6.45) is 7.57. The number of likely N-dealkylation sites (tertiary alicyclic amines) is 1. The zero-order chi connectivity index (χ0) is 15.5. The molecule has 4 rings (SSSR count). The Labute approximate surface area is 136 Å². The number of pyridine rings is 2. The third-order valence-corrected chi connectivity index (χ3v) is 4.53. The van der Waals surface area contributed by atoms with E-state index in [4.69, 9.17) is 9.47 Å². The summed E-state index contributed by atoms with van der Waals surface area (Å²) < 4.78 is 12.1. The maximum absolute atomic E-state index is 6.08. The lowest BCUT2D eigenvalue weighted by Crippen LogP contribution is -2.65. The van der Waals surface area contributed by atoms with E-state index in [1.807, 2.05) is 36.7 Å². The van der Waals surface area contributed by atoms with Crippen molar-refractivity contribution in [3.63, 3.8) is 0 Å². The van der Waals surface area contributed by atoms with Crippen molar-refractivity contribution < 1.29 is 9.47 Å². The van der Waals surface area contributed by atoms with E-state index in [0.717, 1.165) is 39.1 Å². The van der Waals surface area contributed by atoms with Crippen molar-refractivity contribution in [1.29, 1.82) is 0 Å². The second kappa shape index (κ2) is 6.26. The van der Waals surface area contributed by atoms with E-state index in [0.29, 0.717) is 5.88 Å². The van der Waals surface area contributed by atoms with E-state index in [1.165, 1.54) is 5.56 Å². The second-order valence-corrected chi connectivity index (χ2v) is 6.44. The summed E-state index contributed by atoms with van der Waals surface area (Å²) in [5.74, 6) is 0.709. The number of ether oxygens (including phenoxy) is 2. The van der Waals surface area contributed by atoms with Crippen molar-refractivity contribution in [2.45, 2.75) is 31.1 Å². The number of rotatable bonds is 4. The maximum atomic E-state index is 6.08. The molecule has 2 aromatic rings. The molecule has 0 radical (unpaired) electrons. The monoisotopic (exact) mass is 311 g/mol. The van der Waals surface area contributed by atoms with Crippen molar-refractivity contribution in [3.05, 3.63) is 54.5 Å². The molecular formula is C18H21N3O2. The number of hydrogen-bond acceptors (Lipinski definition) is 5. The molecule has 0 saturated carbocycles. The van der Waals surface area contributed by atoms with Crippen LogP contribution in [0.4, 0.5) is 0 Å². The smallest absolute Gasteiger partial charge is 0.213 e. The molecule has 1 unspecified atom stereocenters. The van der Waals surface area contributed by atoms with Gasteiger partial charge in [0.25, 0.3) is 0 Å². The van der Waals surface area contributed by atoms with Gasteiger partial charge in [-0.2, -0.15) is 0 Å². The number of hydrogen-bond donors (Lipinski definition) is 0. The van der Waals surface area contributed by atoms with Crippen LogP contribution in [0.3, 0.4) is 0 Å². The van der Waals surface area contributed by atoms with Crippen LogP contribution >= 0.6 is 0 Å². The van der Waals surface area contributed by atoms with Crippen LogP contribution in [0.5, 0.6) is 5.88 Å². The van der Waals surface area contributed by atoms with Gasteiger partial charge in [0.2, 0.25) is 5.88 Å². The van der Waals surface area contributed by atoms with Crippen LogP contribution in [-0.4, -0.2) is 46.3 Å². The first-order valence-corrected chi connectivity index (χ1v) is 8.14. The normalized spacial score (nSPS) is 23.4. The Bertz CT molecular complexity index is 629. The van der Waals surface area contributed by atoms with Crippen molar-refractivity contribution in [3.8, 4) is 5.88 Å². The largest absolute Gasteiger partial charge is 0.474 e. The molecule has 1 spiro atoms. The molecule has 4 heterocycles. The van der Waals surface area contributed by atoms with Gasteiger partial charge in [-0.15, -0.1) is 0 Å². The predicted molar refractivity (Wildman–Crippen MR) is 86.1 cm³/mol. The van der Waals surface area contributed by atoms with E-state index in [1.54, 1.807) is 6.20 Å². The molecule has 2 fully saturated rings. The highest BCUT2D eigenvalue weighted by molar-refractivity contribution is 5.13. The molecule has 0 aromatic carbocycles. The molecule has 0 aliphatic carbocycles.